The van der Waals surface area contributed by atoms with Crippen LogP contribution in [0.5, 0.6) is 0 Å². The largest absolute Gasteiger partial charge is 0.336 e. The number of amides is 3. The standard InChI is InChI=1S/C14H17FN2O2S/c1-9(11-3-5-12(15)6-4-11)20-10(2)13(18)17-8-7-16-14(17)19/h3-6,9-10H,7-8H2,1-2H3,(H,16,19)/t9-,10+/m0/s1. The molecule has 1 aliphatic rings. The van der Waals surface area contributed by atoms with Crippen LogP contribution in [0.1, 0.15) is 24.7 Å². The Bertz CT molecular complexity index is 506. The van der Waals surface area contributed by atoms with Crippen LogP contribution < -0.4 is 5.32 Å². The van der Waals surface area contributed by atoms with Gasteiger partial charge in [0, 0.05) is 18.3 Å². The summed E-state index contributed by atoms with van der Waals surface area (Å²) in [7, 11) is 0. The van der Waals surface area contributed by atoms with Gasteiger partial charge in [0.05, 0.1) is 5.25 Å². The smallest absolute Gasteiger partial charge is 0.324 e. The van der Waals surface area contributed by atoms with Gasteiger partial charge in [-0.2, -0.15) is 0 Å². The fraction of sp³-hybridized carbons (Fsp3) is 0.429. The highest BCUT2D eigenvalue weighted by Gasteiger charge is 2.30. The van der Waals surface area contributed by atoms with Crippen molar-refractivity contribution in [2.75, 3.05) is 13.1 Å². The third kappa shape index (κ3) is 3.30. The number of rotatable bonds is 4. The van der Waals surface area contributed by atoms with Gasteiger partial charge in [0.15, 0.2) is 0 Å². The summed E-state index contributed by atoms with van der Waals surface area (Å²) < 4.78 is 12.9. The number of urea groups is 1. The predicted octanol–water partition coefficient (Wildman–Crippen LogP) is 2.56. The quantitative estimate of drug-likeness (QED) is 0.929. The molecular weight excluding hydrogens is 279 g/mol. The number of imide groups is 1. The Morgan fingerprint density at radius 2 is 2.00 bits per heavy atom. The summed E-state index contributed by atoms with van der Waals surface area (Å²) in [5, 5.41) is 2.35. The van der Waals surface area contributed by atoms with E-state index in [2.05, 4.69) is 5.32 Å². The lowest BCUT2D eigenvalue weighted by atomic mass is 10.2. The molecular formula is C14H17FN2O2S. The van der Waals surface area contributed by atoms with Gasteiger partial charge in [-0.15, -0.1) is 11.8 Å². The Morgan fingerprint density at radius 1 is 1.35 bits per heavy atom. The SMILES string of the molecule is C[C@H](S[C@H](C)C(=O)N1CCNC1=O)c1ccc(F)cc1. The van der Waals surface area contributed by atoms with Gasteiger partial charge in [0.2, 0.25) is 5.91 Å². The molecule has 1 aromatic carbocycles. The van der Waals surface area contributed by atoms with E-state index in [9.17, 15) is 14.0 Å². The highest BCUT2D eigenvalue weighted by Crippen LogP contribution is 2.32. The zero-order valence-corrected chi connectivity index (χ0v) is 12.2. The number of carbonyl (C=O) groups excluding carboxylic acids is 2. The molecule has 0 saturated carbocycles. The number of halogens is 1. The number of nitrogens with one attached hydrogen (secondary N) is 1. The lowest BCUT2D eigenvalue weighted by Crippen LogP contribution is -2.39. The Labute approximate surface area is 121 Å². The number of nitrogens with zero attached hydrogens (tertiary/aromatic N) is 1. The highest BCUT2D eigenvalue weighted by molar-refractivity contribution is 8.00. The number of thioether (sulfide) groups is 1. The normalized spacial score (nSPS) is 17.8. The lowest BCUT2D eigenvalue weighted by molar-refractivity contribution is -0.126. The van der Waals surface area contributed by atoms with Gasteiger partial charge < -0.3 is 5.32 Å². The summed E-state index contributed by atoms with van der Waals surface area (Å²) in [6.45, 7) is 4.69. The molecule has 0 unspecified atom stereocenters. The molecule has 0 aliphatic carbocycles. The van der Waals surface area contributed by atoms with E-state index < -0.39 is 0 Å². The zero-order chi connectivity index (χ0) is 14.7. The van der Waals surface area contributed by atoms with Crippen molar-refractivity contribution in [3.63, 3.8) is 0 Å². The van der Waals surface area contributed by atoms with Crippen LogP contribution >= 0.6 is 11.8 Å². The van der Waals surface area contributed by atoms with Gasteiger partial charge in [0.1, 0.15) is 5.82 Å². The summed E-state index contributed by atoms with van der Waals surface area (Å²) in [6.07, 6.45) is 0. The van der Waals surface area contributed by atoms with Crippen molar-refractivity contribution in [2.45, 2.75) is 24.3 Å². The van der Waals surface area contributed by atoms with Crippen LogP contribution in [-0.2, 0) is 4.79 Å². The summed E-state index contributed by atoms with van der Waals surface area (Å²) in [5.41, 5.74) is 0.960. The van der Waals surface area contributed by atoms with Crippen LogP contribution in [0.3, 0.4) is 0 Å². The molecule has 1 aliphatic heterocycles. The van der Waals surface area contributed by atoms with Crippen LogP contribution in [-0.4, -0.2) is 35.2 Å². The topological polar surface area (TPSA) is 49.4 Å². The Balaban J connectivity index is 1.96. The molecule has 2 atom stereocenters. The molecule has 3 amide bonds. The van der Waals surface area contributed by atoms with Crippen molar-refractivity contribution in [2.24, 2.45) is 0 Å². The van der Waals surface area contributed by atoms with Crippen molar-refractivity contribution in [1.82, 2.24) is 10.2 Å². The van der Waals surface area contributed by atoms with Gasteiger partial charge in [-0.05, 0) is 31.5 Å². The van der Waals surface area contributed by atoms with E-state index in [1.165, 1.54) is 28.8 Å². The first-order valence-corrected chi connectivity index (χ1v) is 7.43. The van der Waals surface area contributed by atoms with Crippen molar-refractivity contribution >= 4 is 23.7 Å². The molecule has 1 aromatic rings. The molecule has 0 aromatic heterocycles. The first kappa shape index (κ1) is 14.8. The minimum absolute atomic E-state index is 0.0558. The van der Waals surface area contributed by atoms with Gasteiger partial charge >= 0.3 is 6.03 Å². The predicted molar refractivity (Wildman–Crippen MR) is 77.0 cm³/mol. The minimum atomic E-state index is -0.322. The van der Waals surface area contributed by atoms with Crippen LogP contribution in [0.2, 0.25) is 0 Å². The summed E-state index contributed by atoms with van der Waals surface area (Å²) in [5.74, 6) is -0.456. The van der Waals surface area contributed by atoms with E-state index in [1.807, 2.05) is 6.92 Å². The summed E-state index contributed by atoms with van der Waals surface area (Å²) >= 11 is 1.46. The van der Waals surface area contributed by atoms with Crippen molar-refractivity contribution in [3.05, 3.63) is 35.6 Å². The average molecular weight is 296 g/mol. The second-order valence-corrected chi connectivity index (χ2v) is 6.38. The molecule has 1 saturated heterocycles. The van der Waals surface area contributed by atoms with Crippen LogP contribution in [0.4, 0.5) is 9.18 Å². The molecule has 0 radical (unpaired) electrons. The van der Waals surface area contributed by atoms with Gasteiger partial charge in [0.25, 0.3) is 0 Å². The van der Waals surface area contributed by atoms with Crippen LogP contribution in [0.15, 0.2) is 24.3 Å². The van der Waals surface area contributed by atoms with E-state index in [4.69, 9.17) is 0 Å². The molecule has 6 heteroatoms. The van der Waals surface area contributed by atoms with Gasteiger partial charge in [-0.1, -0.05) is 12.1 Å². The van der Waals surface area contributed by atoms with Gasteiger partial charge in [-0.25, -0.2) is 9.18 Å². The number of hydrogen-bond acceptors (Lipinski definition) is 3. The molecule has 108 valence electrons. The molecule has 1 heterocycles. The van der Waals surface area contributed by atoms with Crippen molar-refractivity contribution < 1.29 is 14.0 Å². The number of benzene rings is 1. The second kappa shape index (κ2) is 6.26. The maximum absolute atomic E-state index is 12.9. The monoisotopic (exact) mass is 296 g/mol. The van der Waals surface area contributed by atoms with Crippen molar-refractivity contribution in [3.8, 4) is 0 Å². The van der Waals surface area contributed by atoms with E-state index in [1.54, 1.807) is 19.1 Å². The third-order valence-corrected chi connectivity index (χ3v) is 4.51. The molecule has 4 nitrogen and oxygen atoms in total. The first-order valence-electron chi connectivity index (χ1n) is 6.49. The fourth-order valence-electron chi connectivity index (χ4n) is 2.08. The van der Waals surface area contributed by atoms with E-state index in [0.29, 0.717) is 13.1 Å². The molecule has 0 bridgehead atoms. The van der Waals surface area contributed by atoms with Crippen LogP contribution in [0.25, 0.3) is 0 Å². The minimum Gasteiger partial charge on any atom is -0.336 e. The van der Waals surface area contributed by atoms with Crippen LogP contribution in [0, 0.1) is 5.82 Å². The molecule has 1 N–H and O–H groups in total. The highest BCUT2D eigenvalue weighted by atomic mass is 32.2. The average Bonchev–Trinajstić information content (AvgIpc) is 2.84. The molecule has 20 heavy (non-hydrogen) atoms. The Morgan fingerprint density at radius 3 is 2.55 bits per heavy atom. The zero-order valence-electron chi connectivity index (χ0n) is 11.4. The Hall–Kier alpha value is -1.56. The Kier molecular flexibility index (Phi) is 4.65. The second-order valence-electron chi connectivity index (χ2n) is 4.69. The first-order chi connectivity index (χ1) is 9.49. The fourth-order valence-corrected chi connectivity index (χ4v) is 3.25. The summed E-state index contributed by atoms with van der Waals surface area (Å²) in [4.78, 5) is 24.9. The van der Waals surface area contributed by atoms with E-state index in [0.717, 1.165) is 5.56 Å². The molecule has 0 spiro atoms. The molecule has 2 rings (SSSR count). The third-order valence-electron chi connectivity index (χ3n) is 3.22. The van der Waals surface area contributed by atoms with Crippen molar-refractivity contribution in [1.29, 1.82) is 0 Å². The number of carbonyl (C=O) groups is 2. The summed E-state index contributed by atoms with van der Waals surface area (Å²) in [6, 6.07) is 5.93. The number of hydrogen-bond donors (Lipinski definition) is 1. The van der Waals surface area contributed by atoms with E-state index >= 15 is 0 Å². The molecule has 1 fully saturated rings. The maximum atomic E-state index is 12.9. The maximum Gasteiger partial charge on any atom is 0.324 e. The van der Waals surface area contributed by atoms with Gasteiger partial charge in [-0.3, -0.25) is 9.69 Å². The lowest BCUT2D eigenvalue weighted by Gasteiger charge is -2.20. The van der Waals surface area contributed by atoms with E-state index in [-0.39, 0.29) is 28.3 Å².